The van der Waals surface area contributed by atoms with Crippen LogP contribution in [0.2, 0.25) is 0 Å². The van der Waals surface area contributed by atoms with Gasteiger partial charge in [0.05, 0.1) is 11.7 Å². The number of hydrogen-bond donors (Lipinski definition) is 3. The van der Waals surface area contributed by atoms with Crippen molar-refractivity contribution in [2.24, 2.45) is 15.1 Å². The highest BCUT2D eigenvalue weighted by Gasteiger charge is 2.36. The minimum Gasteiger partial charge on any atom is -0.352 e. The molecule has 2 atom stereocenters. The molecular weight excluding hydrogens is 416 g/mol. The van der Waals surface area contributed by atoms with Crippen LogP contribution in [0.25, 0.3) is 0 Å². The van der Waals surface area contributed by atoms with Crippen molar-refractivity contribution in [2.75, 3.05) is 13.1 Å². The van der Waals surface area contributed by atoms with E-state index >= 15 is 0 Å². The van der Waals surface area contributed by atoms with Crippen molar-refractivity contribution in [3.8, 4) is 0 Å². The Morgan fingerprint density at radius 2 is 2.23 bits per heavy atom. The van der Waals surface area contributed by atoms with E-state index in [0.717, 1.165) is 61.9 Å². The number of likely N-dealkylation sites (tertiary alicyclic amines) is 1. The highest BCUT2D eigenvalue weighted by Crippen LogP contribution is 2.33. The molecule has 1 unspecified atom stereocenters. The highest BCUT2D eigenvalue weighted by atomic mass is 32.1. The Hall–Kier alpha value is -3.02. The van der Waals surface area contributed by atoms with Crippen molar-refractivity contribution in [1.29, 1.82) is 0 Å². The molecule has 0 bridgehead atoms. The van der Waals surface area contributed by atoms with Gasteiger partial charge in [-0.2, -0.15) is 14.5 Å². The van der Waals surface area contributed by atoms with E-state index in [2.05, 4.69) is 46.6 Å². The Bertz CT molecular complexity index is 995. The summed E-state index contributed by atoms with van der Waals surface area (Å²) in [5, 5.41) is 10.4. The SMILES string of the molecule is O=C(NC1CC1)C1CC(N=C2N=C(N3CCC[C@H]3c3ncns3)NN3CCC=C23)=NN1. The molecule has 1 aromatic rings. The first-order chi connectivity index (χ1) is 15.2. The smallest absolute Gasteiger partial charge is 0.244 e. The van der Waals surface area contributed by atoms with Crippen LogP contribution in [-0.2, 0) is 4.79 Å². The number of rotatable bonds is 3. The molecule has 1 saturated heterocycles. The minimum atomic E-state index is -0.362. The third kappa shape index (κ3) is 3.64. The van der Waals surface area contributed by atoms with Crippen LogP contribution in [-0.4, -0.2) is 68.0 Å². The van der Waals surface area contributed by atoms with E-state index in [1.807, 2.05) is 0 Å². The summed E-state index contributed by atoms with van der Waals surface area (Å²) in [6.07, 6.45) is 9.38. The van der Waals surface area contributed by atoms with E-state index < -0.39 is 0 Å². The minimum absolute atomic E-state index is 0.00498. The fourth-order valence-electron chi connectivity index (χ4n) is 4.31. The van der Waals surface area contributed by atoms with Gasteiger partial charge >= 0.3 is 0 Å². The van der Waals surface area contributed by atoms with Gasteiger partial charge in [-0.15, -0.1) is 0 Å². The van der Waals surface area contributed by atoms with Crippen LogP contribution in [0.15, 0.2) is 33.2 Å². The number of fused-ring (bicyclic) bond motifs is 1. The third-order valence-electron chi connectivity index (χ3n) is 6.06. The number of nitrogens with one attached hydrogen (secondary N) is 3. The zero-order chi connectivity index (χ0) is 20.8. The number of amides is 1. The summed E-state index contributed by atoms with van der Waals surface area (Å²) in [6.45, 7) is 1.77. The summed E-state index contributed by atoms with van der Waals surface area (Å²) in [5.74, 6) is 2.02. The van der Waals surface area contributed by atoms with Gasteiger partial charge in [0.15, 0.2) is 11.7 Å². The lowest BCUT2D eigenvalue weighted by Gasteiger charge is -2.35. The number of nitrogens with zero attached hydrogens (tertiary/aromatic N) is 7. The van der Waals surface area contributed by atoms with Crippen molar-refractivity contribution in [1.82, 2.24) is 35.4 Å². The first-order valence-electron chi connectivity index (χ1n) is 10.8. The van der Waals surface area contributed by atoms with Crippen molar-refractivity contribution in [3.63, 3.8) is 0 Å². The lowest BCUT2D eigenvalue weighted by molar-refractivity contribution is -0.122. The number of amidine groups is 2. The van der Waals surface area contributed by atoms with Crippen LogP contribution in [0.4, 0.5) is 0 Å². The number of hydrazone groups is 1. The summed E-state index contributed by atoms with van der Waals surface area (Å²) >= 11 is 1.44. The second-order valence-corrected chi connectivity index (χ2v) is 9.15. The van der Waals surface area contributed by atoms with Crippen LogP contribution >= 0.6 is 11.5 Å². The van der Waals surface area contributed by atoms with Gasteiger partial charge in [-0.1, -0.05) is 6.08 Å². The second kappa shape index (κ2) is 7.59. The van der Waals surface area contributed by atoms with Crippen molar-refractivity contribution in [3.05, 3.63) is 23.1 Å². The molecule has 3 N–H and O–H groups in total. The third-order valence-corrected chi connectivity index (χ3v) is 6.82. The molecule has 31 heavy (non-hydrogen) atoms. The van der Waals surface area contributed by atoms with Gasteiger partial charge in [-0.05, 0) is 43.6 Å². The summed E-state index contributed by atoms with van der Waals surface area (Å²) in [5.41, 5.74) is 7.35. The molecule has 1 saturated carbocycles. The van der Waals surface area contributed by atoms with Crippen LogP contribution in [0, 0.1) is 0 Å². The standard InChI is InChI=1S/C19H24N10OS/c30-17(22-11-5-6-11)12-9-15(26-25-12)23-16-13-3-2-8-29(13)27-19(24-16)28-7-1-4-14(28)18-20-10-21-31-18/h3,10-12,14,25H,1-2,4-9H2,(H,22,30)(H,23,24,26,27)/t12?,14-/m0/s1. The molecule has 1 amide bonds. The molecule has 1 aromatic heterocycles. The van der Waals surface area contributed by atoms with Gasteiger partial charge in [0.1, 0.15) is 17.4 Å². The van der Waals surface area contributed by atoms with E-state index in [1.54, 1.807) is 6.33 Å². The summed E-state index contributed by atoms with van der Waals surface area (Å²) in [4.78, 5) is 28.6. The monoisotopic (exact) mass is 440 g/mol. The first kappa shape index (κ1) is 18.7. The Morgan fingerprint density at radius 1 is 1.29 bits per heavy atom. The Morgan fingerprint density at radius 3 is 3.06 bits per heavy atom. The maximum Gasteiger partial charge on any atom is 0.244 e. The molecule has 6 rings (SSSR count). The molecule has 162 valence electrons. The molecule has 12 heteroatoms. The van der Waals surface area contributed by atoms with Gasteiger partial charge in [0.2, 0.25) is 11.9 Å². The zero-order valence-electron chi connectivity index (χ0n) is 17.0. The molecule has 0 radical (unpaired) electrons. The van der Waals surface area contributed by atoms with E-state index in [-0.39, 0.29) is 18.0 Å². The maximum absolute atomic E-state index is 12.3. The van der Waals surface area contributed by atoms with Crippen LogP contribution in [0.5, 0.6) is 0 Å². The number of carbonyl (C=O) groups excluding carboxylic acids is 1. The predicted molar refractivity (Wildman–Crippen MR) is 116 cm³/mol. The summed E-state index contributed by atoms with van der Waals surface area (Å²) in [7, 11) is 0. The number of hydrazine groups is 1. The molecule has 4 aliphatic heterocycles. The maximum atomic E-state index is 12.3. The summed E-state index contributed by atoms with van der Waals surface area (Å²) in [6, 6.07) is 0.146. The topological polar surface area (TPSA) is 122 Å². The van der Waals surface area contributed by atoms with E-state index in [9.17, 15) is 4.79 Å². The Balaban J connectivity index is 1.23. The molecule has 0 spiro atoms. The molecule has 5 heterocycles. The second-order valence-electron chi connectivity index (χ2n) is 8.34. The molecule has 5 aliphatic rings. The van der Waals surface area contributed by atoms with Gasteiger partial charge < -0.3 is 10.2 Å². The zero-order valence-corrected chi connectivity index (χ0v) is 17.8. The molecule has 2 fully saturated rings. The van der Waals surface area contributed by atoms with Gasteiger partial charge in [0.25, 0.3) is 0 Å². The molecule has 1 aliphatic carbocycles. The molecule has 11 nitrogen and oxygen atoms in total. The van der Waals surface area contributed by atoms with Crippen LogP contribution < -0.4 is 16.2 Å². The quantitative estimate of drug-likeness (QED) is 0.625. The number of aliphatic imine (C=N–C) groups is 2. The van der Waals surface area contributed by atoms with Crippen molar-refractivity contribution >= 4 is 35.1 Å². The Kier molecular flexibility index (Phi) is 4.59. The fraction of sp³-hybridized carbons (Fsp3) is 0.579. The van der Waals surface area contributed by atoms with E-state index in [4.69, 9.17) is 9.98 Å². The highest BCUT2D eigenvalue weighted by molar-refractivity contribution is 7.05. The lowest BCUT2D eigenvalue weighted by atomic mass is 10.2. The first-order valence-corrected chi connectivity index (χ1v) is 11.6. The van der Waals surface area contributed by atoms with Gasteiger partial charge in [-0.25, -0.2) is 9.98 Å². The Labute approximate surface area is 183 Å². The molecular formula is C19H24N10OS. The van der Waals surface area contributed by atoms with E-state index in [1.165, 1.54) is 11.5 Å². The number of carbonyl (C=O) groups is 1. The summed E-state index contributed by atoms with van der Waals surface area (Å²) < 4.78 is 4.17. The largest absolute Gasteiger partial charge is 0.352 e. The lowest BCUT2D eigenvalue weighted by Crippen LogP contribution is -2.52. The van der Waals surface area contributed by atoms with Crippen molar-refractivity contribution < 1.29 is 4.79 Å². The van der Waals surface area contributed by atoms with Gasteiger partial charge in [0, 0.05) is 25.6 Å². The molecule has 0 aromatic carbocycles. The predicted octanol–water partition coefficient (Wildman–Crippen LogP) is 0.491. The average molecular weight is 441 g/mol. The van der Waals surface area contributed by atoms with E-state index in [0.29, 0.717) is 24.1 Å². The van der Waals surface area contributed by atoms with Crippen LogP contribution in [0.3, 0.4) is 0 Å². The number of guanidine groups is 1. The number of hydrogen-bond acceptors (Lipinski definition) is 10. The van der Waals surface area contributed by atoms with Crippen LogP contribution in [0.1, 0.15) is 49.6 Å². The number of aromatic nitrogens is 2. The normalized spacial score (nSPS) is 28.6. The fourth-order valence-corrected chi connectivity index (χ4v) is 4.97. The van der Waals surface area contributed by atoms with Gasteiger partial charge in [-0.3, -0.25) is 20.7 Å². The average Bonchev–Trinajstić information content (AvgIpc) is 3.31. The van der Waals surface area contributed by atoms with Crippen molar-refractivity contribution in [2.45, 2.75) is 56.7 Å².